The van der Waals surface area contributed by atoms with Gasteiger partial charge in [0.15, 0.2) is 11.4 Å². The molecule has 0 radical (unpaired) electrons. The first kappa shape index (κ1) is 14.5. The van der Waals surface area contributed by atoms with Gasteiger partial charge in [-0.2, -0.15) is 0 Å². The lowest BCUT2D eigenvalue weighted by atomic mass is 10.1. The number of aromatic hydroxyl groups is 1. The lowest BCUT2D eigenvalue weighted by molar-refractivity contribution is 0.102. The van der Waals surface area contributed by atoms with Crippen molar-refractivity contribution in [3.63, 3.8) is 0 Å². The number of aromatic nitrogens is 1. The summed E-state index contributed by atoms with van der Waals surface area (Å²) in [4.78, 5) is 12.3. The molecule has 1 heterocycles. The van der Waals surface area contributed by atoms with E-state index in [1.165, 1.54) is 6.08 Å². The number of nitrogens with zero attached hydrogens (tertiary/aromatic N) is 1. The maximum Gasteiger partial charge on any atom is 0.218 e. The molecule has 0 saturated carbocycles. The van der Waals surface area contributed by atoms with E-state index in [1.807, 2.05) is 13.0 Å². The summed E-state index contributed by atoms with van der Waals surface area (Å²) in [6, 6.07) is 8.60. The monoisotopic (exact) mass is 281 g/mol. The molecule has 4 heteroatoms. The first-order valence-electron chi connectivity index (χ1n) is 6.43. The largest absolute Gasteiger partial charge is 0.502 e. The van der Waals surface area contributed by atoms with Gasteiger partial charge in [0, 0.05) is 11.1 Å². The molecule has 0 atom stereocenters. The molecular weight excluding hydrogens is 266 g/mol. The molecule has 0 aliphatic rings. The van der Waals surface area contributed by atoms with E-state index in [9.17, 15) is 9.90 Å². The lowest BCUT2D eigenvalue weighted by Crippen LogP contribution is -2.01. The molecule has 1 N–H and O–H groups in total. The number of rotatable bonds is 5. The summed E-state index contributed by atoms with van der Waals surface area (Å²) in [5, 5.41) is 13.9. The van der Waals surface area contributed by atoms with E-state index in [0.717, 1.165) is 0 Å². The fourth-order valence-electron chi connectivity index (χ4n) is 1.79. The fourth-order valence-corrected chi connectivity index (χ4v) is 1.79. The number of carbonyl (C=O) groups is 1. The molecule has 2 aromatic rings. The van der Waals surface area contributed by atoms with E-state index in [-0.39, 0.29) is 17.2 Å². The minimum Gasteiger partial charge on any atom is -0.502 e. The van der Waals surface area contributed by atoms with Gasteiger partial charge in [0.1, 0.15) is 0 Å². The molecule has 0 saturated heterocycles. The Morgan fingerprint density at radius 1 is 1.33 bits per heavy atom. The highest BCUT2D eigenvalue weighted by molar-refractivity contribution is 6.09. The Balaban J connectivity index is 2.41. The van der Waals surface area contributed by atoms with Crippen LogP contribution < -0.4 is 0 Å². The molecule has 0 aliphatic heterocycles. The molecule has 21 heavy (non-hydrogen) atoms. The van der Waals surface area contributed by atoms with Gasteiger partial charge >= 0.3 is 0 Å². The molecule has 0 fully saturated rings. The van der Waals surface area contributed by atoms with Crippen molar-refractivity contribution in [1.82, 2.24) is 5.16 Å². The normalized spacial score (nSPS) is 11.8. The van der Waals surface area contributed by atoms with Crippen LogP contribution in [-0.4, -0.2) is 16.0 Å². The number of benzene rings is 1. The topological polar surface area (TPSA) is 63.3 Å². The molecule has 2 rings (SSSR count). The van der Waals surface area contributed by atoms with Gasteiger partial charge in [0.05, 0.1) is 0 Å². The standard InChI is InChI=1S/C17H15NO3/c1-3-5-9-12(4-2)17-16(20)14(18-21-17)15(19)13-10-7-6-8-11-13/h3-11,20H,2H2,1H3/b5-3-,12-9+. The van der Waals surface area contributed by atoms with Crippen molar-refractivity contribution in [2.75, 3.05) is 0 Å². The van der Waals surface area contributed by atoms with Crippen LogP contribution in [0.3, 0.4) is 0 Å². The van der Waals surface area contributed by atoms with Crippen LogP contribution in [0.15, 0.2) is 65.7 Å². The van der Waals surface area contributed by atoms with Crippen LogP contribution in [-0.2, 0) is 0 Å². The number of allylic oxidation sites excluding steroid dienone is 5. The summed E-state index contributed by atoms with van der Waals surface area (Å²) < 4.78 is 5.09. The van der Waals surface area contributed by atoms with Crippen molar-refractivity contribution in [3.05, 3.63) is 78.2 Å². The van der Waals surface area contributed by atoms with Crippen LogP contribution in [0.25, 0.3) is 5.57 Å². The smallest absolute Gasteiger partial charge is 0.218 e. The van der Waals surface area contributed by atoms with Crippen LogP contribution >= 0.6 is 0 Å². The predicted octanol–water partition coefficient (Wildman–Crippen LogP) is 3.76. The van der Waals surface area contributed by atoms with E-state index in [0.29, 0.717) is 11.1 Å². The van der Waals surface area contributed by atoms with Gasteiger partial charge in [-0.05, 0) is 6.92 Å². The minimum absolute atomic E-state index is 0.107. The van der Waals surface area contributed by atoms with E-state index < -0.39 is 5.78 Å². The highest BCUT2D eigenvalue weighted by Crippen LogP contribution is 2.30. The molecule has 0 spiro atoms. The SMILES string of the molecule is C=C/C(=C\C=C/C)c1onc(C(=O)c2ccccc2)c1O. The summed E-state index contributed by atoms with van der Waals surface area (Å²) in [6.07, 6.45) is 6.84. The van der Waals surface area contributed by atoms with Crippen LogP contribution in [0.1, 0.15) is 28.7 Å². The second-order valence-corrected chi connectivity index (χ2v) is 4.26. The average Bonchev–Trinajstić information content (AvgIpc) is 2.90. The van der Waals surface area contributed by atoms with Gasteiger partial charge in [0.2, 0.25) is 11.5 Å². The van der Waals surface area contributed by atoms with E-state index in [2.05, 4.69) is 11.7 Å². The van der Waals surface area contributed by atoms with Gasteiger partial charge in [-0.15, -0.1) is 0 Å². The lowest BCUT2D eigenvalue weighted by Gasteiger charge is -1.98. The van der Waals surface area contributed by atoms with Crippen LogP contribution in [0.4, 0.5) is 0 Å². The van der Waals surface area contributed by atoms with Crippen molar-refractivity contribution >= 4 is 11.4 Å². The Hall–Kier alpha value is -2.88. The third-order valence-corrected chi connectivity index (χ3v) is 2.87. The molecule has 0 bridgehead atoms. The summed E-state index contributed by atoms with van der Waals surface area (Å²) >= 11 is 0. The molecule has 0 aliphatic carbocycles. The summed E-state index contributed by atoms with van der Waals surface area (Å²) in [5.74, 6) is -0.542. The van der Waals surface area contributed by atoms with Crippen molar-refractivity contribution in [2.45, 2.75) is 6.92 Å². The number of hydrogen-bond donors (Lipinski definition) is 1. The second kappa shape index (κ2) is 6.52. The zero-order valence-electron chi connectivity index (χ0n) is 11.6. The van der Waals surface area contributed by atoms with E-state index >= 15 is 0 Å². The first-order valence-corrected chi connectivity index (χ1v) is 6.43. The molecule has 0 unspecified atom stereocenters. The molecule has 4 nitrogen and oxygen atoms in total. The zero-order valence-corrected chi connectivity index (χ0v) is 11.6. The second-order valence-electron chi connectivity index (χ2n) is 4.26. The van der Waals surface area contributed by atoms with Crippen molar-refractivity contribution in [3.8, 4) is 5.75 Å². The van der Waals surface area contributed by atoms with Crippen molar-refractivity contribution < 1.29 is 14.4 Å². The summed E-state index contributed by atoms with van der Waals surface area (Å²) in [6.45, 7) is 5.52. The van der Waals surface area contributed by atoms with Crippen LogP contribution in [0.5, 0.6) is 5.75 Å². The molecule has 1 aromatic carbocycles. The average molecular weight is 281 g/mol. The third-order valence-electron chi connectivity index (χ3n) is 2.87. The summed E-state index contributed by atoms with van der Waals surface area (Å²) in [5.41, 5.74) is 0.875. The first-order chi connectivity index (χ1) is 10.2. The molecule has 0 amide bonds. The third kappa shape index (κ3) is 3.00. The molecule has 106 valence electrons. The maximum atomic E-state index is 12.3. The zero-order chi connectivity index (χ0) is 15.2. The predicted molar refractivity (Wildman–Crippen MR) is 81.0 cm³/mol. The Bertz CT molecular complexity index is 709. The van der Waals surface area contributed by atoms with Crippen molar-refractivity contribution in [2.24, 2.45) is 0 Å². The number of hydrogen-bond acceptors (Lipinski definition) is 4. The Morgan fingerprint density at radius 2 is 2.05 bits per heavy atom. The van der Waals surface area contributed by atoms with E-state index in [1.54, 1.807) is 42.5 Å². The maximum absolute atomic E-state index is 12.3. The Kier molecular flexibility index (Phi) is 4.51. The van der Waals surface area contributed by atoms with Crippen LogP contribution in [0.2, 0.25) is 0 Å². The Morgan fingerprint density at radius 3 is 2.67 bits per heavy atom. The van der Waals surface area contributed by atoms with Crippen LogP contribution in [0, 0.1) is 0 Å². The Labute approximate surface area is 122 Å². The van der Waals surface area contributed by atoms with Gasteiger partial charge in [0.25, 0.3) is 0 Å². The molecular formula is C17H15NO3. The van der Waals surface area contributed by atoms with Gasteiger partial charge in [-0.1, -0.05) is 66.4 Å². The highest BCUT2D eigenvalue weighted by Gasteiger charge is 2.23. The van der Waals surface area contributed by atoms with Gasteiger partial charge < -0.3 is 9.63 Å². The minimum atomic E-state index is -0.391. The van der Waals surface area contributed by atoms with E-state index in [4.69, 9.17) is 4.52 Å². The fraction of sp³-hybridized carbons (Fsp3) is 0.0588. The van der Waals surface area contributed by atoms with Crippen molar-refractivity contribution in [1.29, 1.82) is 0 Å². The molecule has 1 aromatic heterocycles. The highest BCUT2D eigenvalue weighted by atomic mass is 16.5. The quantitative estimate of drug-likeness (QED) is 0.669. The number of ketones is 1. The summed E-state index contributed by atoms with van der Waals surface area (Å²) in [7, 11) is 0. The van der Waals surface area contributed by atoms with Gasteiger partial charge in [-0.3, -0.25) is 4.79 Å². The number of carbonyl (C=O) groups excluding carboxylic acids is 1. The van der Waals surface area contributed by atoms with Gasteiger partial charge in [-0.25, -0.2) is 0 Å².